The van der Waals surface area contributed by atoms with Gasteiger partial charge in [-0.2, -0.15) is 0 Å². The molecule has 7 amide bonds. The van der Waals surface area contributed by atoms with Gasteiger partial charge in [-0.25, -0.2) is 0 Å². The second kappa shape index (κ2) is 41.5. The van der Waals surface area contributed by atoms with Crippen LogP contribution in [0.5, 0.6) is 0 Å². The smallest absolute Gasteiger partial charge is 0.370 e. The summed E-state index contributed by atoms with van der Waals surface area (Å²) in [5.74, 6) is -14.0. The van der Waals surface area contributed by atoms with Crippen LogP contribution in [0.1, 0.15) is 150 Å². The molecule has 15 N–H and O–H groups in total. The summed E-state index contributed by atoms with van der Waals surface area (Å²) in [6, 6.07) is 7.80. The van der Waals surface area contributed by atoms with E-state index in [0.717, 1.165) is 17.7 Å². The summed E-state index contributed by atoms with van der Waals surface area (Å²) in [7, 11) is 0. The Hall–Kier alpha value is -6.66. The first kappa shape index (κ1) is 77.4. The van der Waals surface area contributed by atoms with Gasteiger partial charge in [0, 0.05) is 24.7 Å². The number of halogens is 2. The molecule has 0 aromatic heterocycles. The first-order valence-electron chi connectivity index (χ1n) is 30.5. The number of Topliss-reactive ketones (excluding diaryl/α,β-unsaturated/α-hetero) is 5. The first-order chi connectivity index (χ1) is 41.5. The number of ketones is 5. The van der Waals surface area contributed by atoms with E-state index in [1.54, 1.807) is 30.3 Å². The average molecular weight is 1300 g/mol. The zero-order valence-corrected chi connectivity index (χ0v) is 53.7. The Bertz CT molecular complexity index is 2630. The van der Waals surface area contributed by atoms with Gasteiger partial charge in [0.05, 0.1) is 18.5 Å². The first-order valence-corrected chi connectivity index (χ1v) is 32.5. The molecule has 0 aliphatic carbocycles. The summed E-state index contributed by atoms with van der Waals surface area (Å²) in [5, 5.41) is 12.9. The van der Waals surface area contributed by atoms with Crippen molar-refractivity contribution in [3.63, 3.8) is 0 Å². The molecule has 25 heteroatoms. The fourth-order valence-electron chi connectivity index (χ4n) is 9.87. The zero-order chi connectivity index (χ0) is 66.0. The van der Waals surface area contributed by atoms with Crippen LogP contribution in [-0.4, -0.2) is 136 Å². The summed E-state index contributed by atoms with van der Waals surface area (Å²) in [6.45, 7) is 10.5. The van der Waals surface area contributed by atoms with Crippen LogP contribution in [-0.2, 0) is 64.0 Å². The van der Waals surface area contributed by atoms with Gasteiger partial charge in [-0.15, -0.1) is 0 Å². The van der Waals surface area contributed by atoms with Gasteiger partial charge in [-0.3, -0.25) is 28.8 Å². The SMILES string of the molecule is CC(C)C[C@H](CC(=O)CNC(=O)[C@H](C[Se]c1c(F)cccc1F)CC(=O)CNC(=O)CCC(=O)[C@H](Cc1ccccc1)NC(=O)[C@@H](N)CC(C)C)C(=O)N[C@@H](CC(C)C)C(=O)C[C@@H](CCCCN)C(=O)N[C@@H](CC(N)=O)C(=O)C[C@@H](CCCCN)C(N)=O. The van der Waals surface area contributed by atoms with Crippen molar-refractivity contribution in [1.29, 1.82) is 0 Å². The molecule has 2 aromatic rings. The van der Waals surface area contributed by atoms with Crippen molar-refractivity contribution < 1.29 is 66.3 Å². The Kier molecular flexibility index (Phi) is 36.6. The molecule has 0 unspecified atom stereocenters. The molecule has 2 rings (SSSR count). The van der Waals surface area contributed by atoms with Crippen LogP contribution in [0.2, 0.25) is 5.32 Å². The van der Waals surface area contributed by atoms with Gasteiger partial charge < -0.3 is 34.0 Å². The van der Waals surface area contributed by atoms with E-state index < -0.39 is 183 Å². The van der Waals surface area contributed by atoms with Gasteiger partial charge >= 0.3 is 256 Å². The molecule has 2 aromatic carbocycles. The fraction of sp³-hybridized carbons (Fsp3) is 0.619. The maximum atomic E-state index is 14.8. The van der Waals surface area contributed by atoms with Crippen molar-refractivity contribution in [2.75, 3.05) is 26.2 Å². The second-order valence-corrected chi connectivity index (χ2v) is 26.1. The molecule has 22 nitrogen and oxygen atoms in total. The molecule has 8 atom stereocenters. The molecule has 0 aliphatic rings. The molecule has 0 aliphatic heterocycles. The van der Waals surface area contributed by atoms with Crippen LogP contribution in [0.3, 0.4) is 0 Å². The number of amides is 7. The number of carbonyl (C=O) groups excluding carboxylic acids is 12. The zero-order valence-electron chi connectivity index (χ0n) is 52.0. The van der Waals surface area contributed by atoms with Crippen molar-refractivity contribution in [1.82, 2.24) is 26.6 Å². The number of nitrogens with two attached hydrogens (primary N) is 5. The predicted octanol–water partition coefficient (Wildman–Crippen LogP) is 2.38. The van der Waals surface area contributed by atoms with Crippen molar-refractivity contribution in [2.24, 2.45) is 70.1 Å². The Morgan fingerprint density at radius 1 is 0.500 bits per heavy atom. The minimum Gasteiger partial charge on any atom is -0.370 e. The third kappa shape index (κ3) is 31.0. The van der Waals surface area contributed by atoms with Crippen LogP contribution >= 0.6 is 0 Å². The van der Waals surface area contributed by atoms with E-state index in [2.05, 4.69) is 26.6 Å². The van der Waals surface area contributed by atoms with Gasteiger partial charge in [-0.05, 0) is 62.6 Å². The second-order valence-electron chi connectivity index (χ2n) is 23.9. The van der Waals surface area contributed by atoms with Gasteiger partial charge in [0.2, 0.25) is 23.6 Å². The molecule has 0 bridgehead atoms. The molecule has 0 spiro atoms. The fourth-order valence-corrected chi connectivity index (χ4v) is 12.1. The summed E-state index contributed by atoms with van der Waals surface area (Å²) in [4.78, 5) is 161. The Morgan fingerprint density at radius 3 is 1.57 bits per heavy atom. The Labute approximate surface area is 522 Å². The summed E-state index contributed by atoms with van der Waals surface area (Å²) in [5.41, 5.74) is 29.2. The molecule has 0 saturated heterocycles. The Morgan fingerprint density at radius 2 is 1.01 bits per heavy atom. The topological polar surface area (TPSA) is 395 Å². The molecule has 88 heavy (non-hydrogen) atoms. The van der Waals surface area contributed by atoms with Crippen LogP contribution in [0.4, 0.5) is 8.78 Å². The quantitative estimate of drug-likeness (QED) is 0.0336. The third-order valence-corrected chi connectivity index (χ3v) is 17.2. The number of nitrogens with one attached hydrogen (secondary N) is 5. The molecule has 0 radical (unpaired) electrons. The molecular weight excluding hydrogens is 1210 g/mol. The van der Waals surface area contributed by atoms with Gasteiger partial charge in [0.15, 0.2) is 5.78 Å². The number of unbranched alkanes of at least 4 members (excludes halogenated alkanes) is 2. The molecule has 0 saturated carbocycles. The number of rotatable bonds is 47. The number of primary amides is 2. The van der Waals surface area contributed by atoms with E-state index in [1.807, 2.05) is 41.5 Å². The van der Waals surface area contributed by atoms with Crippen molar-refractivity contribution in [3.05, 3.63) is 65.7 Å². The third-order valence-electron chi connectivity index (χ3n) is 14.6. The number of benzene rings is 2. The summed E-state index contributed by atoms with van der Waals surface area (Å²) >= 11 is -1.04. The number of hydrogen-bond acceptors (Lipinski definition) is 15. The monoisotopic (exact) mass is 1300 g/mol. The van der Waals surface area contributed by atoms with Crippen LogP contribution in [0.25, 0.3) is 0 Å². The van der Waals surface area contributed by atoms with Gasteiger partial charge in [0.1, 0.15) is 0 Å². The average Bonchev–Trinajstić information content (AvgIpc) is 3.31. The predicted molar refractivity (Wildman–Crippen MR) is 330 cm³/mol. The standard InChI is InChI=1S/C63H96F2N10O12Se/c1-37(2)25-43(62(86)73-50(27-39(5)6)55(80)32-42(18-11-13-24-67)61(85)74-52(33-56(69)81)54(79)31-41(59(70)83)17-10-12-23-66)29-45(76)35-72-60(84)44(36-88-58-47(64)19-14-20-48(58)65)30-46(77)34-71-57(82)22-21-53(78)51(28-40-15-8-7-9-16-40)75-63(87)49(68)26-38(3)4/h7-9,14-16,19-20,37-39,41-44,49-52H,10-13,17-18,21-36,66-68H2,1-6H3,(H2,69,81)(H2,70,83)(H,71,82)(H,72,84)(H,73,86)(H,74,85)(H,75,87)/t41-,42-,43-,44+,49+,50+,51+,52+/m1/s1. The van der Waals surface area contributed by atoms with E-state index >= 15 is 0 Å². The van der Waals surface area contributed by atoms with Gasteiger partial charge in [0.25, 0.3) is 0 Å². The van der Waals surface area contributed by atoms with E-state index in [-0.39, 0.29) is 85.4 Å². The van der Waals surface area contributed by atoms with E-state index in [4.69, 9.17) is 28.7 Å². The summed E-state index contributed by atoms with van der Waals surface area (Å²) in [6.07, 6.45) is 0.269. The Balaban J connectivity index is 2.26. The van der Waals surface area contributed by atoms with Crippen molar-refractivity contribution >= 4 is 89.7 Å². The van der Waals surface area contributed by atoms with E-state index in [0.29, 0.717) is 38.6 Å². The van der Waals surface area contributed by atoms with Crippen molar-refractivity contribution in [2.45, 2.75) is 180 Å². The van der Waals surface area contributed by atoms with Crippen LogP contribution in [0, 0.1) is 53.1 Å². The summed E-state index contributed by atoms with van der Waals surface area (Å²) < 4.78 is 29.3. The van der Waals surface area contributed by atoms with Crippen molar-refractivity contribution in [3.8, 4) is 0 Å². The molecule has 490 valence electrons. The van der Waals surface area contributed by atoms with Gasteiger partial charge in [-0.1, -0.05) is 70.9 Å². The van der Waals surface area contributed by atoms with Crippen LogP contribution in [0.15, 0.2) is 48.5 Å². The maximum absolute atomic E-state index is 14.8. The molecule has 0 fully saturated rings. The molecule has 0 heterocycles. The van der Waals surface area contributed by atoms with E-state index in [9.17, 15) is 66.3 Å². The normalized spacial score (nSPS) is 14.1. The van der Waals surface area contributed by atoms with Crippen LogP contribution < -0.4 is 59.7 Å². The molecular formula is C63H96F2N10O12Se. The number of hydrogen-bond donors (Lipinski definition) is 10. The minimum atomic E-state index is -1.43. The number of carbonyl (C=O) groups is 12. The minimum absolute atomic E-state index is 0.115. The van der Waals surface area contributed by atoms with E-state index in [1.165, 1.54) is 6.07 Å².